The van der Waals surface area contributed by atoms with Gasteiger partial charge in [0.1, 0.15) is 12.1 Å². The van der Waals surface area contributed by atoms with Crippen LogP contribution in [0.5, 0.6) is 0 Å². The molecule has 17 heavy (non-hydrogen) atoms. The Morgan fingerprint density at radius 2 is 1.94 bits per heavy atom. The van der Waals surface area contributed by atoms with Gasteiger partial charge in [0.2, 0.25) is 5.89 Å². The highest BCUT2D eigenvalue weighted by atomic mass is 35.5. The first-order chi connectivity index (χ1) is 7.25. The normalized spacial score (nSPS) is 8.94. The van der Waals surface area contributed by atoms with Gasteiger partial charge in [0, 0.05) is 12.4 Å². The minimum atomic E-state index is -0.612. The fourth-order valence-corrected chi connectivity index (χ4v) is 1.06. The largest absolute Gasteiger partial charge is 0.448 e. The van der Waals surface area contributed by atoms with Gasteiger partial charge in [-0.25, -0.2) is 15.0 Å². The average Bonchev–Trinajstić information content (AvgIpc) is 2.68. The fraction of sp³-hybridized carbons (Fsp3) is 0.111. The van der Waals surface area contributed by atoms with Crippen LogP contribution in [-0.4, -0.2) is 20.9 Å². The van der Waals surface area contributed by atoms with Crippen LogP contribution in [0.4, 0.5) is 0 Å². The lowest BCUT2D eigenvalue weighted by molar-refractivity contribution is 0.0995. The molecular weight excluding hydrogens is 267 g/mol. The summed E-state index contributed by atoms with van der Waals surface area (Å²) in [7, 11) is 0. The Kier molecular flexibility index (Phi) is 6.16. The smallest absolute Gasteiger partial charge is 0.270 e. The van der Waals surface area contributed by atoms with E-state index in [0.717, 1.165) is 0 Å². The molecule has 1 amide bonds. The van der Waals surface area contributed by atoms with Crippen LogP contribution in [0.3, 0.4) is 0 Å². The molecule has 0 fully saturated rings. The summed E-state index contributed by atoms with van der Waals surface area (Å²) in [4.78, 5) is 22.6. The molecule has 0 aliphatic rings. The van der Waals surface area contributed by atoms with Gasteiger partial charge in [-0.3, -0.25) is 4.79 Å². The Hall–Kier alpha value is -1.66. The van der Waals surface area contributed by atoms with Gasteiger partial charge < -0.3 is 10.2 Å². The molecule has 2 aromatic rings. The van der Waals surface area contributed by atoms with E-state index in [1.54, 1.807) is 18.5 Å². The van der Waals surface area contributed by atoms with Crippen LogP contribution in [0, 0.1) is 0 Å². The van der Waals surface area contributed by atoms with E-state index in [9.17, 15) is 4.79 Å². The Morgan fingerprint density at radius 1 is 1.29 bits per heavy atom. The summed E-state index contributed by atoms with van der Waals surface area (Å²) in [6, 6.07) is 1.72. The second-order valence-electron chi connectivity index (χ2n) is 2.83. The summed E-state index contributed by atoms with van der Waals surface area (Å²) < 4.78 is 5.04. The van der Waals surface area contributed by atoms with Crippen LogP contribution < -0.4 is 5.73 Å². The number of carbonyl (C=O) groups is 1. The van der Waals surface area contributed by atoms with Crippen molar-refractivity contribution >= 4 is 30.7 Å². The highest BCUT2D eigenvalue weighted by molar-refractivity contribution is 5.90. The number of hydrogen-bond acceptors (Lipinski definition) is 5. The predicted octanol–water partition coefficient (Wildman–Crippen LogP) is 0.998. The molecular formula is C9H10Cl2N4O2. The molecule has 0 aliphatic carbocycles. The third-order valence-electron chi connectivity index (χ3n) is 1.73. The Balaban J connectivity index is 0.00000128. The average molecular weight is 277 g/mol. The van der Waals surface area contributed by atoms with Crippen LogP contribution >= 0.6 is 24.8 Å². The first-order valence-corrected chi connectivity index (χ1v) is 4.26. The number of halogens is 2. The quantitative estimate of drug-likeness (QED) is 0.902. The van der Waals surface area contributed by atoms with Gasteiger partial charge in [0.15, 0.2) is 5.69 Å². The molecule has 0 unspecified atom stereocenters. The van der Waals surface area contributed by atoms with Crippen LogP contribution in [0.2, 0.25) is 0 Å². The zero-order valence-corrected chi connectivity index (χ0v) is 10.2. The molecule has 2 rings (SSSR count). The molecule has 8 heteroatoms. The second-order valence-corrected chi connectivity index (χ2v) is 2.83. The van der Waals surface area contributed by atoms with E-state index in [2.05, 4.69) is 15.0 Å². The van der Waals surface area contributed by atoms with Crippen molar-refractivity contribution in [2.24, 2.45) is 5.73 Å². The lowest BCUT2D eigenvalue weighted by Crippen LogP contribution is -2.11. The van der Waals surface area contributed by atoms with Crippen molar-refractivity contribution < 1.29 is 9.21 Å². The van der Waals surface area contributed by atoms with Gasteiger partial charge in [-0.15, -0.1) is 24.8 Å². The van der Waals surface area contributed by atoms with Crippen LogP contribution in [-0.2, 0) is 6.42 Å². The third-order valence-corrected chi connectivity index (χ3v) is 1.73. The van der Waals surface area contributed by atoms with Crippen molar-refractivity contribution in [2.75, 3.05) is 0 Å². The maximum Gasteiger partial charge on any atom is 0.270 e. The van der Waals surface area contributed by atoms with Crippen molar-refractivity contribution in [3.05, 3.63) is 42.1 Å². The van der Waals surface area contributed by atoms with Crippen molar-refractivity contribution in [3.63, 3.8) is 0 Å². The van der Waals surface area contributed by atoms with Gasteiger partial charge in [-0.1, -0.05) is 0 Å². The van der Waals surface area contributed by atoms with Crippen molar-refractivity contribution in [3.8, 4) is 0 Å². The number of carbonyl (C=O) groups excluding carboxylic acids is 1. The molecule has 0 radical (unpaired) electrons. The molecule has 0 spiro atoms. The lowest BCUT2D eigenvalue weighted by atomic mass is 10.4. The molecule has 0 atom stereocenters. The summed E-state index contributed by atoms with van der Waals surface area (Å²) in [5.41, 5.74) is 5.14. The van der Waals surface area contributed by atoms with E-state index in [-0.39, 0.29) is 30.5 Å². The van der Waals surface area contributed by atoms with Crippen LogP contribution in [0.15, 0.2) is 29.1 Å². The Morgan fingerprint density at radius 3 is 2.47 bits per heavy atom. The van der Waals surface area contributed by atoms with Crippen molar-refractivity contribution in [1.29, 1.82) is 0 Å². The number of rotatable bonds is 3. The van der Waals surface area contributed by atoms with Crippen molar-refractivity contribution in [2.45, 2.75) is 6.42 Å². The first-order valence-electron chi connectivity index (χ1n) is 4.26. The van der Waals surface area contributed by atoms with E-state index in [0.29, 0.717) is 18.1 Å². The molecule has 6 nitrogen and oxygen atoms in total. The Bertz CT molecular complexity index is 475. The summed E-state index contributed by atoms with van der Waals surface area (Å²) >= 11 is 0. The predicted molar refractivity (Wildman–Crippen MR) is 64.4 cm³/mol. The highest BCUT2D eigenvalue weighted by Crippen LogP contribution is 2.05. The van der Waals surface area contributed by atoms with Gasteiger partial charge in [-0.2, -0.15) is 0 Å². The van der Waals surface area contributed by atoms with E-state index >= 15 is 0 Å². The summed E-state index contributed by atoms with van der Waals surface area (Å²) in [5, 5.41) is 0. The van der Waals surface area contributed by atoms with Gasteiger partial charge in [0.05, 0.1) is 6.42 Å². The number of nitrogens with zero attached hydrogens (tertiary/aromatic N) is 3. The monoisotopic (exact) mass is 276 g/mol. The molecule has 0 bridgehead atoms. The number of amides is 1. The van der Waals surface area contributed by atoms with Crippen LogP contribution in [0.25, 0.3) is 0 Å². The molecule has 92 valence electrons. The number of hydrogen-bond donors (Lipinski definition) is 1. The molecule has 0 aliphatic heterocycles. The SMILES string of the molecule is Cl.Cl.NC(=O)c1coc(Cc2ncccn2)n1. The van der Waals surface area contributed by atoms with E-state index in [4.69, 9.17) is 10.2 Å². The topological polar surface area (TPSA) is 94.9 Å². The van der Waals surface area contributed by atoms with Gasteiger partial charge in [-0.05, 0) is 6.07 Å². The van der Waals surface area contributed by atoms with Crippen LogP contribution in [0.1, 0.15) is 22.2 Å². The summed E-state index contributed by atoms with van der Waals surface area (Å²) in [6.07, 6.45) is 4.81. The minimum absolute atomic E-state index is 0. The first kappa shape index (κ1) is 15.3. The van der Waals surface area contributed by atoms with E-state index in [1.807, 2.05) is 0 Å². The standard InChI is InChI=1S/C9H8N4O2.2ClH/c10-9(14)6-5-15-8(13-6)4-7-11-2-1-3-12-7;;/h1-3,5H,4H2,(H2,10,14);2*1H. The number of oxazole rings is 1. The third kappa shape index (κ3) is 4.01. The second kappa shape index (κ2) is 6.82. The fourth-order valence-electron chi connectivity index (χ4n) is 1.06. The molecule has 2 aromatic heterocycles. The minimum Gasteiger partial charge on any atom is -0.448 e. The molecule has 2 N–H and O–H groups in total. The van der Waals surface area contributed by atoms with Gasteiger partial charge >= 0.3 is 0 Å². The maximum atomic E-state index is 10.7. The number of aromatic nitrogens is 3. The lowest BCUT2D eigenvalue weighted by Gasteiger charge is -1.92. The van der Waals surface area contributed by atoms with E-state index in [1.165, 1.54) is 6.26 Å². The number of nitrogens with two attached hydrogens (primary N) is 1. The maximum absolute atomic E-state index is 10.7. The highest BCUT2D eigenvalue weighted by Gasteiger charge is 2.09. The molecule has 0 saturated heterocycles. The van der Waals surface area contributed by atoms with E-state index < -0.39 is 5.91 Å². The number of primary amides is 1. The van der Waals surface area contributed by atoms with Crippen molar-refractivity contribution in [1.82, 2.24) is 15.0 Å². The zero-order chi connectivity index (χ0) is 10.7. The summed E-state index contributed by atoms with van der Waals surface area (Å²) in [5.74, 6) is 0.337. The molecule has 0 saturated carbocycles. The molecule has 2 heterocycles. The molecule has 0 aromatic carbocycles. The zero-order valence-electron chi connectivity index (χ0n) is 8.57. The Labute approximate surface area is 109 Å². The summed E-state index contributed by atoms with van der Waals surface area (Å²) in [6.45, 7) is 0. The van der Waals surface area contributed by atoms with Gasteiger partial charge in [0.25, 0.3) is 5.91 Å².